The van der Waals surface area contributed by atoms with E-state index in [0.29, 0.717) is 11.3 Å². The minimum absolute atomic E-state index is 0.100. The van der Waals surface area contributed by atoms with Crippen LogP contribution in [-0.4, -0.2) is 36.7 Å². The van der Waals surface area contributed by atoms with Gasteiger partial charge in [-0.05, 0) is 18.2 Å². The predicted molar refractivity (Wildman–Crippen MR) is 73.0 cm³/mol. The summed E-state index contributed by atoms with van der Waals surface area (Å²) >= 11 is 5.61. The quantitative estimate of drug-likeness (QED) is 0.851. The molecule has 5 heteroatoms. The highest BCUT2D eigenvalue weighted by Crippen LogP contribution is 2.13. The van der Waals surface area contributed by atoms with Crippen molar-refractivity contribution in [2.24, 2.45) is 5.92 Å². The Labute approximate surface area is 112 Å². The molecule has 1 aromatic carbocycles. The van der Waals surface area contributed by atoms with Gasteiger partial charge in [0.1, 0.15) is 0 Å². The van der Waals surface area contributed by atoms with Gasteiger partial charge in [-0.15, -0.1) is 11.6 Å². The van der Waals surface area contributed by atoms with Crippen LogP contribution in [0.3, 0.4) is 0 Å². The number of nitrogens with zero attached hydrogens (tertiary/aromatic N) is 1. The summed E-state index contributed by atoms with van der Waals surface area (Å²) in [6.45, 7) is 1.75. The molecule has 0 fully saturated rings. The summed E-state index contributed by atoms with van der Waals surface area (Å²) in [5.74, 6) is -0.252. The Hall–Kier alpha value is -1.55. The second kappa shape index (κ2) is 6.40. The van der Waals surface area contributed by atoms with Crippen molar-refractivity contribution in [3.05, 3.63) is 29.8 Å². The lowest BCUT2D eigenvalue weighted by Gasteiger charge is -2.13. The number of rotatable bonds is 4. The molecule has 0 saturated heterocycles. The van der Waals surface area contributed by atoms with Crippen LogP contribution in [0.25, 0.3) is 0 Å². The van der Waals surface area contributed by atoms with Crippen molar-refractivity contribution in [3.8, 4) is 0 Å². The summed E-state index contributed by atoms with van der Waals surface area (Å²) in [5, 5.41) is 2.73. The predicted octanol–water partition coefficient (Wildman–Crippen LogP) is 2.20. The van der Waals surface area contributed by atoms with Crippen molar-refractivity contribution in [2.45, 2.75) is 6.92 Å². The molecule has 0 radical (unpaired) electrons. The van der Waals surface area contributed by atoms with E-state index in [1.165, 1.54) is 4.90 Å². The molecule has 1 unspecified atom stereocenters. The van der Waals surface area contributed by atoms with Gasteiger partial charge in [0.15, 0.2) is 0 Å². The van der Waals surface area contributed by atoms with Crippen LogP contribution in [0.2, 0.25) is 0 Å². The third-order valence-corrected chi connectivity index (χ3v) is 2.93. The number of nitrogens with one attached hydrogen (secondary N) is 1. The molecule has 0 heterocycles. The molecule has 0 aliphatic carbocycles. The van der Waals surface area contributed by atoms with Crippen LogP contribution in [0, 0.1) is 5.92 Å². The van der Waals surface area contributed by atoms with Crippen molar-refractivity contribution < 1.29 is 9.59 Å². The van der Waals surface area contributed by atoms with Gasteiger partial charge in [0.25, 0.3) is 5.91 Å². The highest BCUT2D eigenvalue weighted by atomic mass is 35.5. The van der Waals surface area contributed by atoms with Crippen LogP contribution in [0.5, 0.6) is 0 Å². The molecule has 1 atom stereocenters. The summed E-state index contributed by atoms with van der Waals surface area (Å²) in [4.78, 5) is 24.9. The molecule has 0 spiro atoms. The standard InChI is InChI=1S/C13H17ClN2O2/c1-9(8-14)12(17)15-11-6-4-5-10(7-11)13(18)16(2)3/h4-7,9H,8H2,1-3H3,(H,15,17). The van der Waals surface area contributed by atoms with Gasteiger partial charge in [-0.3, -0.25) is 9.59 Å². The van der Waals surface area contributed by atoms with Crippen molar-refractivity contribution >= 4 is 29.1 Å². The molecule has 0 aliphatic heterocycles. The largest absolute Gasteiger partial charge is 0.345 e. The molecule has 1 aromatic rings. The van der Waals surface area contributed by atoms with Gasteiger partial charge in [0.05, 0.1) is 0 Å². The molecule has 2 amide bonds. The maximum atomic E-state index is 11.8. The maximum Gasteiger partial charge on any atom is 0.253 e. The Kier molecular flexibility index (Phi) is 5.16. The fraction of sp³-hybridized carbons (Fsp3) is 0.385. The van der Waals surface area contributed by atoms with Crippen molar-refractivity contribution in [1.82, 2.24) is 4.90 Å². The number of anilines is 1. The zero-order valence-electron chi connectivity index (χ0n) is 10.7. The molecule has 98 valence electrons. The summed E-state index contributed by atoms with van der Waals surface area (Å²) in [5.41, 5.74) is 1.14. The molecule has 0 saturated carbocycles. The topological polar surface area (TPSA) is 49.4 Å². The first kappa shape index (κ1) is 14.5. The molecule has 1 rings (SSSR count). The van der Waals surface area contributed by atoms with Crippen LogP contribution in [0.15, 0.2) is 24.3 Å². The maximum absolute atomic E-state index is 11.8. The Bertz CT molecular complexity index is 446. The van der Waals surface area contributed by atoms with Crippen molar-refractivity contribution in [3.63, 3.8) is 0 Å². The second-order valence-electron chi connectivity index (χ2n) is 4.32. The number of benzene rings is 1. The average molecular weight is 269 g/mol. The van der Waals surface area contributed by atoms with E-state index in [-0.39, 0.29) is 23.6 Å². The summed E-state index contributed by atoms with van der Waals surface area (Å²) < 4.78 is 0. The van der Waals surface area contributed by atoms with Gasteiger partial charge >= 0.3 is 0 Å². The summed E-state index contributed by atoms with van der Waals surface area (Å²) in [6.07, 6.45) is 0. The smallest absolute Gasteiger partial charge is 0.253 e. The lowest BCUT2D eigenvalue weighted by atomic mass is 10.1. The van der Waals surface area contributed by atoms with Crippen molar-refractivity contribution in [1.29, 1.82) is 0 Å². The molecule has 0 aliphatic rings. The molecule has 4 nitrogen and oxygen atoms in total. The number of amides is 2. The minimum Gasteiger partial charge on any atom is -0.345 e. The first-order valence-corrected chi connectivity index (χ1v) is 6.17. The Morgan fingerprint density at radius 1 is 1.39 bits per heavy atom. The Balaban J connectivity index is 2.83. The van der Waals surface area contributed by atoms with Crippen LogP contribution in [0.4, 0.5) is 5.69 Å². The third-order valence-electron chi connectivity index (χ3n) is 2.46. The fourth-order valence-corrected chi connectivity index (χ4v) is 1.46. The van der Waals surface area contributed by atoms with E-state index in [1.807, 2.05) is 0 Å². The SMILES string of the molecule is CC(CCl)C(=O)Nc1cccc(C(=O)N(C)C)c1. The van der Waals surface area contributed by atoms with Gasteiger partial charge in [0, 0.05) is 37.1 Å². The molecule has 0 aromatic heterocycles. The third kappa shape index (κ3) is 3.74. The van der Waals surface area contributed by atoms with Crippen molar-refractivity contribution in [2.75, 3.05) is 25.3 Å². The van der Waals surface area contributed by atoms with E-state index < -0.39 is 0 Å². The van der Waals surface area contributed by atoms with E-state index in [2.05, 4.69) is 5.32 Å². The van der Waals surface area contributed by atoms with Gasteiger partial charge in [-0.1, -0.05) is 13.0 Å². The highest BCUT2D eigenvalue weighted by molar-refractivity contribution is 6.19. The number of alkyl halides is 1. The fourth-order valence-electron chi connectivity index (χ4n) is 1.32. The van der Waals surface area contributed by atoms with E-state index >= 15 is 0 Å². The van der Waals surface area contributed by atoms with E-state index in [1.54, 1.807) is 45.3 Å². The number of hydrogen-bond donors (Lipinski definition) is 1. The molecule has 0 bridgehead atoms. The minimum atomic E-state index is -0.264. The highest BCUT2D eigenvalue weighted by Gasteiger charge is 2.13. The average Bonchev–Trinajstić information content (AvgIpc) is 2.36. The first-order valence-electron chi connectivity index (χ1n) is 5.64. The molecular weight excluding hydrogens is 252 g/mol. The number of halogens is 1. The normalized spacial score (nSPS) is 11.8. The van der Waals surface area contributed by atoms with Crippen LogP contribution >= 0.6 is 11.6 Å². The molecular formula is C13H17ClN2O2. The number of carbonyl (C=O) groups excluding carboxylic acids is 2. The Morgan fingerprint density at radius 2 is 2.06 bits per heavy atom. The summed E-state index contributed by atoms with van der Waals surface area (Å²) in [6, 6.07) is 6.84. The van der Waals surface area contributed by atoms with E-state index in [0.717, 1.165) is 0 Å². The van der Waals surface area contributed by atoms with Crippen LogP contribution in [-0.2, 0) is 4.79 Å². The van der Waals surface area contributed by atoms with Gasteiger partial charge in [0.2, 0.25) is 5.91 Å². The summed E-state index contributed by atoms with van der Waals surface area (Å²) in [7, 11) is 3.37. The van der Waals surface area contributed by atoms with Gasteiger partial charge in [-0.25, -0.2) is 0 Å². The lowest BCUT2D eigenvalue weighted by molar-refractivity contribution is -0.118. The second-order valence-corrected chi connectivity index (χ2v) is 4.63. The van der Waals surface area contributed by atoms with Crippen LogP contribution < -0.4 is 5.32 Å². The zero-order chi connectivity index (χ0) is 13.7. The zero-order valence-corrected chi connectivity index (χ0v) is 11.5. The van der Waals surface area contributed by atoms with Crippen LogP contribution in [0.1, 0.15) is 17.3 Å². The lowest BCUT2D eigenvalue weighted by Crippen LogP contribution is -2.23. The van der Waals surface area contributed by atoms with E-state index in [4.69, 9.17) is 11.6 Å². The Morgan fingerprint density at radius 3 is 2.61 bits per heavy atom. The monoisotopic (exact) mass is 268 g/mol. The molecule has 1 N–H and O–H groups in total. The molecule has 18 heavy (non-hydrogen) atoms. The number of hydrogen-bond acceptors (Lipinski definition) is 2. The van der Waals surface area contributed by atoms with Gasteiger partial charge < -0.3 is 10.2 Å². The van der Waals surface area contributed by atoms with E-state index in [9.17, 15) is 9.59 Å². The number of carbonyl (C=O) groups is 2. The first-order chi connectivity index (χ1) is 8.45. The van der Waals surface area contributed by atoms with Gasteiger partial charge in [-0.2, -0.15) is 0 Å².